The van der Waals surface area contributed by atoms with Crippen molar-refractivity contribution < 1.29 is 22.3 Å². The predicted octanol–water partition coefficient (Wildman–Crippen LogP) is 4.47. The van der Waals surface area contributed by atoms with E-state index in [1.54, 1.807) is 51.1 Å². The first-order valence-corrected chi connectivity index (χ1v) is 11.2. The number of pyridine rings is 1. The van der Waals surface area contributed by atoms with Gasteiger partial charge in [-0.1, -0.05) is 24.3 Å². The minimum atomic E-state index is -3.52. The smallest absolute Gasteiger partial charge is 0.407 e. The van der Waals surface area contributed by atoms with Gasteiger partial charge in [0.25, 0.3) is 0 Å². The van der Waals surface area contributed by atoms with E-state index in [9.17, 15) is 17.6 Å². The van der Waals surface area contributed by atoms with E-state index in [2.05, 4.69) is 10.3 Å². The monoisotopic (exact) mass is 430 g/mol. The Morgan fingerprint density at radius 1 is 1.13 bits per heavy atom. The summed E-state index contributed by atoms with van der Waals surface area (Å²) in [6.07, 6.45) is 0.515. The summed E-state index contributed by atoms with van der Waals surface area (Å²) in [5.41, 5.74) is 1.10. The second-order valence-electron chi connectivity index (χ2n) is 7.96. The van der Waals surface area contributed by atoms with E-state index in [1.807, 2.05) is 0 Å². The summed E-state index contributed by atoms with van der Waals surface area (Å²) in [7, 11) is -3.52. The summed E-state index contributed by atoms with van der Waals surface area (Å²) in [6, 6.07) is 12.4. The van der Waals surface area contributed by atoms with Crippen LogP contribution < -0.4 is 5.32 Å². The van der Waals surface area contributed by atoms with Crippen molar-refractivity contribution in [1.82, 2.24) is 10.3 Å². The summed E-state index contributed by atoms with van der Waals surface area (Å²) >= 11 is 0. The number of carbonyl (C=O) groups is 1. The lowest BCUT2D eigenvalue weighted by Gasteiger charge is -2.20. The molecule has 0 aliphatic heterocycles. The Hall–Kier alpha value is -3.00. The molecule has 0 aliphatic rings. The normalized spacial score (nSPS) is 12.0. The maximum Gasteiger partial charge on any atom is 0.407 e. The molecule has 0 spiro atoms. The standard InChI is InChI=1S/C22H23FN2O4S/c1-22(2,3)29-21(26)24-13-16-11-14-8-6-10-18(30(4,27)28)20(14)25-19(16)15-7-5-9-17(23)12-15/h5-12H,13H2,1-4H3,(H,24,26). The number of ether oxygens (including phenoxy) is 1. The van der Waals surface area contributed by atoms with Crippen LogP contribution in [-0.2, 0) is 21.1 Å². The van der Waals surface area contributed by atoms with Gasteiger partial charge in [0, 0.05) is 23.8 Å². The van der Waals surface area contributed by atoms with Crippen molar-refractivity contribution in [2.24, 2.45) is 0 Å². The van der Waals surface area contributed by atoms with E-state index in [0.717, 1.165) is 6.26 Å². The number of halogens is 1. The number of aromatic nitrogens is 1. The Morgan fingerprint density at radius 3 is 2.47 bits per heavy atom. The van der Waals surface area contributed by atoms with Crippen LogP contribution in [0.2, 0.25) is 0 Å². The number of benzene rings is 2. The highest BCUT2D eigenvalue weighted by Crippen LogP contribution is 2.29. The van der Waals surface area contributed by atoms with E-state index in [4.69, 9.17) is 4.74 Å². The molecule has 1 N–H and O–H groups in total. The molecule has 8 heteroatoms. The zero-order chi connectivity index (χ0) is 22.1. The second kappa shape index (κ2) is 8.02. The third-order valence-corrected chi connectivity index (χ3v) is 5.34. The summed E-state index contributed by atoms with van der Waals surface area (Å²) in [5.74, 6) is -0.447. The van der Waals surface area contributed by atoms with Gasteiger partial charge in [0.1, 0.15) is 11.4 Å². The van der Waals surface area contributed by atoms with Crippen LogP contribution in [0.25, 0.3) is 22.2 Å². The van der Waals surface area contributed by atoms with Gasteiger partial charge in [0.15, 0.2) is 9.84 Å². The van der Waals surface area contributed by atoms with Crippen LogP contribution in [-0.4, -0.2) is 31.4 Å². The molecule has 1 amide bonds. The molecule has 0 aliphatic carbocycles. The lowest BCUT2D eigenvalue weighted by Crippen LogP contribution is -2.32. The van der Waals surface area contributed by atoms with Gasteiger partial charge in [-0.05, 0) is 50.6 Å². The number of hydrogen-bond acceptors (Lipinski definition) is 5. The first kappa shape index (κ1) is 21.7. The highest BCUT2D eigenvalue weighted by atomic mass is 32.2. The van der Waals surface area contributed by atoms with Gasteiger partial charge in [0.2, 0.25) is 0 Å². The van der Waals surface area contributed by atoms with Crippen LogP contribution in [0.3, 0.4) is 0 Å². The van der Waals surface area contributed by atoms with E-state index in [0.29, 0.717) is 27.7 Å². The van der Waals surface area contributed by atoms with Crippen molar-refractivity contribution in [1.29, 1.82) is 0 Å². The minimum Gasteiger partial charge on any atom is -0.444 e. The summed E-state index contributed by atoms with van der Waals surface area (Å²) in [6.45, 7) is 5.35. The molecule has 6 nitrogen and oxygen atoms in total. The fraction of sp³-hybridized carbons (Fsp3) is 0.273. The van der Waals surface area contributed by atoms with Gasteiger partial charge in [0.05, 0.1) is 16.1 Å². The van der Waals surface area contributed by atoms with Crippen LogP contribution >= 0.6 is 0 Å². The van der Waals surface area contributed by atoms with Gasteiger partial charge in [-0.2, -0.15) is 0 Å². The number of para-hydroxylation sites is 1. The molecule has 0 atom stereocenters. The molecule has 3 rings (SSSR count). The van der Waals surface area contributed by atoms with Crippen molar-refractivity contribution in [3.63, 3.8) is 0 Å². The van der Waals surface area contributed by atoms with Gasteiger partial charge >= 0.3 is 6.09 Å². The SMILES string of the molecule is CC(C)(C)OC(=O)NCc1cc2cccc(S(C)(=O)=O)c2nc1-c1cccc(F)c1. The van der Waals surface area contributed by atoms with Crippen molar-refractivity contribution >= 4 is 26.8 Å². The maximum absolute atomic E-state index is 13.9. The van der Waals surface area contributed by atoms with Gasteiger partial charge in [-0.3, -0.25) is 0 Å². The average molecular weight is 431 g/mol. The van der Waals surface area contributed by atoms with Gasteiger partial charge < -0.3 is 10.1 Å². The van der Waals surface area contributed by atoms with Gasteiger partial charge in [-0.25, -0.2) is 22.6 Å². The van der Waals surface area contributed by atoms with Crippen LogP contribution in [0.4, 0.5) is 9.18 Å². The summed E-state index contributed by atoms with van der Waals surface area (Å²) in [4.78, 5) is 16.7. The second-order valence-corrected chi connectivity index (χ2v) is 9.95. The Balaban J connectivity index is 2.13. The first-order valence-electron chi connectivity index (χ1n) is 9.29. The number of alkyl carbamates (subject to hydrolysis) is 1. The van der Waals surface area contributed by atoms with E-state index < -0.39 is 27.3 Å². The number of nitrogens with zero attached hydrogens (tertiary/aromatic N) is 1. The lowest BCUT2D eigenvalue weighted by atomic mass is 10.0. The molecule has 3 aromatic rings. The maximum atomic E-state index is 13.9. The van der Waals surface area contributed by atoms with E-state index in [-0.39, 0.29) is 11.4 Å². The molecule has 2 aromatic carbocycles. The Bertz CT molecular complexity index is 1220. The molecular weight excluding hydrogens is 407 g/mol. The zero-order valence-corrected chi connectivity index (χ0v) is 18.0. The number of fused-ring (bicyclic) bond motifs is 1. The van der Waals surface area contributed by atoms with E-state index >= 15 is 0 Å². The van der Waals surface area contributed by atoms with Crippen molar-refractivity contribution in [2.45, 2.75) is 37.8 Å². The summed E-state index contributed by atoms with van der Waals surface area (Å²) in [5, 5.41) is 3.27. The molecule has 0 fully saturated rings. The minimum absolute atomic E-state index is 0.0762. The lowest BCUT2D eigenvalue weighted by molar-refractivity contribution is 0.0523. The molecule has 0 bridgehead atoms. The van der Waals surface area contributed by atoms with Crippen LogP contribution in [0.1, 0.15) is 26.3 Å². The van der Waals surface area contributed by atoms with E-state index in [1.165, 1.54) is 18.2 Å². The quantitative estimate of drug-likeness (QED) is 0.660. The molecule has 0 saturated carbocycles. The number of sulfone groups is 1. The van der Waals surface area contributed by atoms with Crippen LogP contribution in [0.5, 0.6) is 0 Å². The van der Waals surface area contributed by atoms with Crippen molar-refractivity contribution in [3.05, 3.63) is 59.9 Å². The van der Waals surface area contributed by atoms with Crippen LogP contribution in [0.15, 0.2) is 53.4 Å². The third-order valence-electron chi connectivity index (χ3n) is 4.21. The average Bonchev–Trinajstić information content (AvgIpc) is 2.63. The molecule has 0 unspecified atom stereocenters. The molecular formula is C22H23FN2O4S. The number of hydrogen-bond donors (Lipinski definition) is 1. The fourth-order valence-electron chi connectivity index (χ4n) is 3.02. The molecule has 0 saturated heterocycles. The highest BCUT2D eigenvalue weighted by Gasteiger charge is 2.19. The van der Waals surface area contributed by atoms with Crippen molar-refractivity contribution in [2.75, 3.05) is 6.26 Å². The van der Waals surface area contributed by atoms with Crippen molar-refractivity contribution in [3.8, 4) is 11.3 Å². The molecule has 1 heterocycles. The Labute approximate surface area is 175 Å². The molecule has 1 aromatic heterocycles. The Morgan fingerprint density at radius 2 is 1.83 bits per heavy atom. The first-order chi connectivity index (χ1) is 13.9. The molecule has 0 radical (unpaired) electrons. The number of carbonyl (C=O) groups excluding carboxylic acids is 1. The number of nitrogens with one attached hydrogen (secondary N) is 1. The number of amides is 1. The van der Waals surface area contributed by atoms with Gasteiger partial charge in [-0.15, -0.1) is 0 Å². The number of rotatable bonds is 4. The molecule has 30 heavy (non-hydrogen) atoms. The predicted molar refractivity (Wildman–Crippen MR) is 113 cm³/mol. The largest absolute Gasteiger partial charge is 0.444 e. The zero-order valence-electron chi connectivity index (χ0n) is 17.2. The highest BCUT2D eigenvalue weighted by molar-refractivity contribution is 7.91. The Kier molecular flexibility index (Phi) is 5.81. The van der Waals surface area contributed by atoms with Crippen LogP contribution in [0, 0.1) is 5.82 Å². The topological polar surface area (TPSA) is 85.4 Å². The summed E-state index contributed by atoms with van der Waals surface area (Å²) < 4.78 is 43.5. The molecule has 158 valence electrons. The third kappa shape index (κ3) is 5.13. The fourth-order valence-corrected chi connectivity index (χ4v) is 3.86.